The van der Waals surface area contributed by atoms with Gasteiger partial charge in [-0.1, -0.05) is 0 Å². The van der Waals surface area contributed by atoms with Crippen molar-refractivity contribution in [2.75, 3.05) is 57.5 Å². The zero-order valence-electron chi connectivity index (χ0n) is 13.8. The van der Waals surface area contributed by atoms with Crippen LogP contribution in [0, 0.1) is 5.41 Å². The summed E-state index contributed by atoms with van der Waals surface area (Å²) in [7, 11) is 0. The van der Waals surface area contributed by atoms with E-state index in [1.807, 2.05) is 6.20 Å². The number of thiazole rings is 1. The Bertz CT molecular complexity index is 492. The van der Waals surface area contributed by atoms with Crippen LogP contribution in [0.1, 0.15) is 25.7 Å². The van der Waals surface area contributed by atoms with Crippen molar-refractivity contribution < 1.29 is 9.47 Å². The molecule has 0 radical (unpaired) electrons. The van der Waals surface area contributed by atoms with Crippen LogP contribution in [-0.4, -0.2) is 68.5 Å². The predicted molar refractivity (Wildman–Crippen MR) is 92.2 cm³/mol. The normalized spacial score (nSPS) is 31.4. The van der Waals surface area contributed by atoms with Gasteiger partial charge in [0.15, 0.2) is 5.13 Å². The fourth-order valence-electron chi connectivity index (χ4n) is 4.38. The lowest BCUT2D eigenvalue weighted by Crippen LogP contribution is -2.54. The molecule has 5 nitrogen and oxygen atoms in total. The van der Waals surface area contributed by atoms with Crippen LogP contribution in [0.15, 0.2) is 11.6 Å². The van der Waals surface area contributed by atoms with Gasteiger partial charge in [0.25, 0.3) is 0 Å². The average Bonchev–Trinajstić information content (AvgIpc) is 3.06. The standard InChI is InChI=1S/C17H27N3O2S/c1-4-17(12-19(6-1)15-2-8-21-9-3-15)13-20(7-10-22-14-17)16-18-5-11-23-16/h5,11,15H,1-4,6-10,12-14H2. The van der Waals surface area contributed by atoms with Gasteiger partial charge in [0.05, 0.1) is 13.2 Å². The van der Waals surface area contributed by atoms with Gasteiger partial charge < -0.3 is 14.4 Å². The molecule has 4 rings (SSSR count). The Morgan fingerprint density at radius 3 is 2.87 bits per heavy atom. The van der Waals surface area contributed by atoms with Gasteiger partial charge in [-0.2, -0.15) is 0 Å². The van der Waals surface area contributed by atoms with E-state index in [9.17, 15) is 0 Å². The molecule has 0 aliphatic carbocycles. The second-order valence-electron chi connectivity index (χ2n) is 7.21. The Kier molecular flexibility index (Phi) is 4.85. The second kappa shape index (κ2) is 7.05. The molecule has 0 bridgehead atoms. The van der Waals surface area contributed by atoms with Gasteiger partial charge in [0.2, 0.25) is 0 Å². The van der Waals surface area contributed by atoms with Crippen molar-refractivity contribution in [2.45, 2.75) is 31.7 Å². The Labute approximate surface area is 142 Å². The second-order valence-corrected chi connectivity index (χ2v) is 8.08. The molecule has 4 heterocycles. The molecule has 1 spiro atoms. The van der Waals surface area contributed by atoms with Crippen LogP contribution < -0.4 is 4.90 Å². The molecule has 0 aromatic carbocycles. The van der Waals surface area contributed by atoms with Gasteiger partial charge in [-0.05, 0) is 32.2 Å². The monoisotopic (exact) mass is 337 g/mol. The minimum absolute atomic E-state index is 0.263. The molecule has 3 aliphatic heterocycles. The fraction of sp³-hybridized carbons (Fsp3) is 0.824. The Morgan fingerprint density at radius 2 is 2.04 bits per heavy atom. The molecule has 23 heavy (non-hydrogen) atoms. The first-order valence-electron chi connectivity index (χ1n) is 8.89. The highest BCUT2D eigenvalue weighted by Gasteiger charge is 2.41. The third-order valence-corrected chi connectivity index (χ3v) is 6.36. The minimum Gasteiger partial charge on any atom is -0.381 e. The van der Waals surface area contributed by atoms with Crippen LogP contribution in [0.2, 0.25) is 0 Å². The molecule has 1 unspecified atom stereocenters. The number of aromatic nitrogens is 1. The molecule has 3 saturated heterocycles. The van der Waals surface area contributed by atoms with Gasteiger partial charge in [-0.15, -0.1) is 11.3 Å². The Balaban J connectivity index is 1.48. The zero-order chi connectivity index (χ0) is 15.5. The lowest BCUT2D eigenvalue weighted by molar-refractivity contribution is -0.0283. The van der Waals surface area contributed by atoms with Gasteiger partial charge >= 0.3 is 0 Å². The molecule has 1 aromatic heterocycles. The molecule has 3 aliphatic rings. The molecule has 0 saturated carbocycles. The zero-order valence-corrected chi connectivity index (χ0v) is 14.6. The first-order chi connectivity index (χ1) is 11.3. The number of nitrogens with zero attached hydrogens (tertiary/aromatic N) is 3. The number of likely N-dealkylation sites (tertiary alicyclic amines) is 1. The van der Waals surface area contributed by atoms with Crippen molar-refractivity contribution in [2.24, 2.45) is 5.41 Å². The van der Waals surface area contributed by atoms with Crippen molar-refractivity contribution in [1.82, 2.24) is 9.88 Å². The SMILES string of the molecule is c1csc(N2CCOCC3(CCCN(C4CCOCC4)C3)C2)n1. The smallest absolute Gasteiger partial charge is 0.185 e. The van der Waals surface area contributed by atoms with Crippen molar-refractivity contribution >= 4 is 16.5 Å². The van der Waals surface area contributed by atoms with Crippen LogP contribution in [0.4, 0.5) is 5.13 Å². The van der Waals surface area contributed by atoms with E-state index in [2.05, 4.69) is 20.2 Å². The van der Waals surface area contributed by atoms with Crippen molar-refractivity contribution in [3.8, 4) is 0 Å². The van der Waals surface area contributed by atoms with Crippen LogP contribution in [0.3, 0.4) is 0 Å². The highest BCUT2D eigenvalue weighted by Crippen LogP contribution is 2.36. The highest BCUT2D eigenvalue weighted by molar-refractivity contribution is 7.13. The quantitative estimate of drug-likeness (QED) is 0.827. The summed E-state index contributed by atoms with van der Waals surface area (Å²) >= 11 is 1.74. The molecular weight excluding hydrogens is 310 g/mol. The average molecular weight is 337 g/mol. The van der Waals surface area contributed by atoms with Crippen molar-refractivity contribution in [3.63, 3.8) is 0 Å². The predicted octanol–water partition coefficient (Wildman–Crippen LogP) is 2.24. The van der Waals surface area contributed by atoms with Crippen molar-refractivity contribution in [3.05, 3.63) is 11.6 Å². The summed E-state index contributed by atoms with van der Waals surface area (Å²) in [6, 6.07) is 0.706. The maximum Gasteiger partial charge on any atom is 0.185 e. The van der Waals surface area contributed by atoms with Gasteiger partial charge in [0.1, 0.15) is 0 Å². The van der Waals surface area contributed by atoms with E-state index in [1.54, 1.807) is 11.3 Å². The van der Waals surface area contributed by atoms with E-state index in [0.29, 0.717) is 6.04 Å². The summed E-state index contributed by atoms with van der Waals surface area (Å²) < 4.78 is 11.6. The van der Waals surface area contributed by atoms with E-state index in [1.165, 1.54) is 38.8 Å². The summed E-state index contributed by atoms with van der Waals surface area (Å²) in [6.07, 6.45) is 6.84. The van der Waals surface area contributed by atoms with E-state index in [-0.39, 0.29) is 5.41 Å². The third-order valence-electron chi connectivity index (χ3n) is 5.53. The van der Waals surface area contributed by atoms with Gasteiger partial charge in [0, 0.05) is 55.9 Å². The first-order valence-corrected chi connectivity index (χ1v) is 9.77. The maximum absolute atomic E-state index is 6.04. The topological polar surface area (TPSA) is 37.8 Å². The molecule has 0 amide bonds. The number of hydrogen-bond acceptors (Lipinski definition) is 6. The number of ether oxygens (including phenoxy) is 2. The number of anilines is 1. The van der Waals surface area contributed by atoms with Gasteiger partial charge in [-0.25, -0.2) is 4.98 Å². The largest absolute Gasteiger partial charge is 0.381 e. The number of hydrogen-bond donors (Lipinski definition) is 0. The molecule has 6 heteroatoms. The first kappa shape index (κ1) is 15.8. The van der Waals surface area contributed by atoms with Crippen LogP contribution >= 0.6 is 11.3 Å². The lowest BCUT2D eigenvalue weighted by atomic mass is 9.79. The van der Waals surface area contributed by atoms with E-state index < -0.39 is 0 Å². The summed E-state index contributed by atoms with van der Waals surface area (Å²) in [6.45, 7) is 8.02. The van der Waals surface area contributed by atoms with Crippen molar-refractivity contribution in [1.29, 1.82) is 0 Å². The fourth-order valence-corrected chi connectivity index (χ4v) is 5.05. The Hall–Kier alpha value is -0.690. The molecule has 1 aromatic rings. The highest BCUT2D eigenvalue weighted by atomic mass is 32.1. The van der Waals surface area contributed by atoms with Crippen LogP contribution in [-0.2, 0) is 9.47 Å². The molecule has 3 fully saturated rings. The maximum atomic E-state index is 6.04. The number of piperidine rings is 1. The molecule has 128 valence electrons. The molecular formula is C17H27N3O2S. The van der Waals surface area contributed by atoms with Crippen LogP contribution in [0.25, 0.3) is 0 Å². The van der Waals surface area contributed by atoms with Gasteiger partial charge in [-0.3, -0.25) is 4.90 Å². The number of rotatable bonds is 2. The van der Waals surface area contributed by atoms with Crippen LogP contribution in [0.5, 0.6) is 0 Å². The minimum atomic E-state index is 0.263. The van der Waals surface area contributed by atoms with E-state index >= 15 is 0 Å². The van der Waals surface area contributed by atoms with E-state index in [0.717, 1.165) is 44.6 Å². The van der Waals surface area contributed by atoms with E-state index in [4.69, 9.17) is 9.47 Å². The lowest BCUT2D eigenvalue weighted by Gasteiger charge is -2.47. The summed E-state index contributed by atoms with van der Waals surface area (Å²) in [5, 5.41) is 3.22. The summed E-state index contributed by atoms with van der Waals surface area (Å²) in [5.74, 6) is 0. The summed E-state index contributed by atoms with van der Waals surface area (Å²) in [4.78, 5) is 9.70. The Morgan fingerprint density at radius 1 is 1.13 bits per heavy atom. The molecule has 1 atom stereocenters. The third kappa shape index (κ3) is 3.55. The molecule has 0 N–H and O–H groups in total. The summed E-state index contributed by atoms with van der Waals surface area (Å²) in [5.41, 5.74) is 0.263.